The average Bonchev–Trinajstić information content (AvgIpc) is 3.28. The lowest BCUT2D eigenvalue weighted by Gasteiger charge is -2.14. The van der Waals surface area contributed by atoms with Crippen LogP contribution in [0.3, 0.4) is 0 Å². The maximum Gasteiger partial charge on any atom is 0.161 e. The van der Waals surface area contributed by atoms with E-state index < -0.39 is 6.10 Å². The van der Waals surface area contributed by atoms with Crippen LogP contribution in [0.2, 0.25) is 0 Å². The predicted molar refractivity (Wildman–Crippen MR) is 79.0 cm³/mol. The topological polar surface area (TPSA) is 55.3 Å². The van der Waals surface area contributed by atoms with E-state index >= 15 is 0 Å². The molecule has 110 valence electrons. The van der Waals surface area contributed by atoms with Crippen LogP contribution in [0.1, 0.15) is 25.3 Å². The van der Waals surface area contributed by atoms with Gasteiger partial charge in [0.05, 0.1) is 13.2 Å². The van der Waals surface area contributed by atoms with Crippen LogP contribution in [0.25, 0.3) is 6.08 Å². The summed E-state index contributed by atoms with van der Waals surface area (Å²) in [6.45, 7) is 2.97. The van der Waals surface area contributed by atoms with Crippen molar-refractivity contribution in [2.75, 3.05) is 20.3 Å². The first-order valence-corrected chi connectivity index (χ1v) is 7.18. The quantitative estimate of drug-likeness (QED) is 0.751. The highest BCUT2D eigenvalue weighted by molar-refractivity contribution is 5.55. The molecule has 1 aromatic rings. The number of quaternary nitrogens is 1. The summed E-state index contributed by atoms with van der Waals surface area (Å²) in [7, 11) is 1.62. The van der Waals surface area contributed by atoms with Crippen molar-refractivity contribution in [2.24, 2.45) is 0 Å². The molecule has 1 aliphatic rings. The van der Waals surface area contributed by atoms with E-state index in [4.69, 9.17) is 9.47 Å². The molecule has 1 fully saturated rings. The summed E-state index contributed by atoms with van der Waals surface area (Å²) in [6, 6.07) is 6.50. The van der Waals surface area contributed by atoms with Gasteiger partial charge in [-0.15, -0.1) is 0 Å². The lowest BCUT2D eigenvalue weighted by atomic mass is 10.2. The van der Waals surface area contributed by atoms with Crippen LogP contribution in [0.5, 0.6) is 11.5 Å². The predicted octanol–water partition coefficient (Wildman–Crippen LogP) is 1.19. The molecule has 0 aromatic heterocycles. The van der Waals surface area contributed by atoms with Gasteiger partial charge in [-0.3, -0.25) is 0 Å². The molecule has 0 radical (unpaired) electrons. The number of allylic oxidation sites excluding steroid dienone is 1. The number of hydrogen-bond acceptors (Lipinski definition) is 3. The third-order valence-corrected chi connectivity index (χ3v) is 3.34. The number of methoxy groups -OCH3 is 1. The smallest absolute Gasteiger partial charge is 0.161 e. The first kappa shape index (κ1) is 14.9. The van der Waals surface area contributed by atoms with E-state index in [1.807, 2.05) is 37.3 Å². The molecule has 1 saturated carbocycles. The van der Waals surface area contributed by atoms with E-state index in [0.29, 0.717) is 24.7 Å². The monoisotopic (exact) mass is 278 g/mol. The Labute approximate surface area is 120 Å². The van der Waals surface area contributed by atoms with Gasteiger partial charge in [0.25, 0.3) is 0 Å². The Bertz CT molecular complexity index is 455. The van der Waals surface area contributed by atoms with E-state index in [1.54, 1.807) is 7.11 Å². The van der Waals surface area contributed by atoms with Gasteiger partial charge in [-0.2, -0.15) is 0 Å². The average molecular weight is 278 g/mol. The van der Waals surface area contributed by atoms with Crippen LogP contribution in [-0.2, 0) is 0 Å². The molecule has 4 heteroatoms. The normalized spacial score (nSPS) is 16.4. The lowest BCUT2D eigenvalue weighted by molar-refractivity contribution is -0.674. The first-order valence-electron chi connectivity index (χ1n) is 7.18. The molecule has 20 heavy (non-hydrogen) atoms. The maximum atomic E-state index is 9.88. The summed E-state index contributed by atoms with van der Waals surface area (Å²) in [5.41, 5.74) is 1.07. The zero-order valence-corrected chi connectivity index (χ0v) is 12.2. The van der Waals surface area contributed by atoms with Gasteiger partial charge in [-0.1, -0.05) is 18.2 Å². The van der Waals surface area contributed by atoms with Crippen molar-refractivity contribution in [1.82, 2.24) is 0 Å². The van der Waals surface area contributed by atoms with Crippen LogP contribution in [0.15, 0.2) is 24.3 Å². The minimum atomic E-state index is -0.449. The zero-order valence-electron chi connectivity index (χ0n) is 12.2. The van der Waals surface area contributed by atoms with Gasteiger partial charge in [-0.25, -0.2) is 0 Å². The lowest BCUT2D eigenvalue weighted by Crippen LogP contribution is -2.88. The zero-order chi connectivity index (χ0) is 14.4. The molecular weight excluding hydrogens is 254 g/mol. The van der Waals surface area contributed by atoms with Crippen molar-refractivity contribution < 1.29 is 19.9 Å². The summed E-state index contributed by atoms with van der Waals surface area (Å²) in [4.78, 5) is 0. The van der Waals surface area contributed by atoms with Gasteiger partial charge in [0.15, 0.2) is 11.5 Å². The van der Waals surface area contributed by atoms with Crippen molar-refractivity contribution in [2.45, 2.75) is 31.9 Å². The number of aliphatic hydroxyl groups is 1. The highest BCUT2D eigenvalue weighted by Crippen LogP contribution is 2.28. The van der Waals surface area contributed by atoms with Gasteiger partial charge < -0.3 is 19.9 Å². The number of ether oxygens (including phenoxy) is 2. The molecule has 0 unspecified atom stereocenters. The first-order chi connectivity index (χ1) is 9.72. The highest BCUT2D eigenvalue weighted by atomic mass is 16.5. The molecule has 0 heterocycles. The van der Waals surface area contributed by atoms with Crippen LogP contribution < -0.4 is 14.8 Å². The van der Waals surface area contributed by atoms with Crippen molar-refractivity contribution in [3.8, 4) is 11.5 Å². The fourth-order valence-corrected chi connectivity index (χ4v) is 2.04. The Balaban J connectivity index is 1.87. The van der Waals surface area contributed by atoms with Gasteiger partial charge >= 0.3 is 0 Å². The molecule has 1 aliphatic carbocycles. The fraction of sp³-hybridized carbons (Fsp3) is 0.500. The molecule has 2 rings (SSSR count). The molecule has 0 spiro atoms. The summed E-state index contributed by atoms with van der Waals surface area (Å²) >= 11 is 0. The number of nitrogens with two attached hydrogens (primary N) is 1. The second-order valence-corrected chi connectivity index (χ2v) is 5.18. The molecule has 4 nitrogen and oxygen atoms in total. The van der Waals surface area contributed by atoms with Crippen molar-refractivity contribution in [3.05, 3.63) is 29.8 Å². The van der Waals surface area contributed by atoms with Crippen LogP contribution in [0, 0.1) is 0 Å². The SMILES string of the molecule is C/C=C/c1ccc(OC[C@H](O)C[NH2+]C2CC2)c(OC)c1. The minimum absolute atomic E-state index is 0.294. The van der Waals surface area contributed by atoms with E-state index in [0.717, 1.165) is 11.6 Å². The molecular formula is C16H24NO3+. The molecule has 3 N–H and O–H groups in total. The van der Waals surface area contributed by atoms with E-state index in [-0.39, 0.29) is 0 Å². The van der Waals surface area contributed by atoms with Gasteiger partial charge in [0.1, 0.15) is 19.3 Å². The Kier molecular flexibility index (Phi) is 5.44. The molecule has 0 amide bonds. The maximum absolute atomic E-state index is 9.88. The van der Waals surface area contributed by atoms with Gasteiger partial charge in [-0.05, 0) is 24.6 Å². The molecule has 1 aromatic carbocycles. The van der Waals surface area contributed by atoms with Crippen molar-refractivity contribution in [3.63, 3.8) is 0 Å². The minimum Gasteiger partial charge on any atom is -0.493 e. The second-order valence-electron chi connectivity index (χ2n) is 5.18. The van der Waals surface area contributed by atoms with E-state index in [2.05, 4.69) is 5.32 Å². The molecule has 0 saturated heterocycles. The fourth-order valence-electron chi connectivity index (χ4n) is 2.04. The number of hydrogen-bond donors (Lipinski definition) is 2. The third-order valence-electron chi connectivity index (χ3n) is 3.34. The van der Waals surface area contributed by atoms with E-state index in [1.165, 1.54) is 12.8 Å². The summed E-state index contributed by atoms with van der Waals surface area (Å²) < 4.78 is 11.0. The van der Waals surface area contributed by atoms with Crippen molar-refractivity contribution >= 4 is 6.08 Å². The van der Waals surface area contributed by atoms with Gasteiger partial charge in [0.2, 0.25) is 0 Å². The standard InChI is InChI=1S/C16H23NO3/c1-3-4-12-5-8-15(16(9-12)19-2)20-11-14(18)10-17-13-6-7-13/h3-5,8-9,13-14,17-18H,6-7,10-11H2,1-2H3/p+1/b4-3+/t14-/m1/s1. The number of aliphatic hydroxyl groups excluding tert-OH is 1. The van der Waals surface area contributed by atoms with Crippen LogP contribution >= 0.6 is 0 Å². The Morgan fingerprint density at radius 3 is 2.85 bits per heavy atom. The summed E-state index contributed by atoms with van der Waals surface area (Å²) in [5, 5.41) is 12.1. The largest absolute Gasteiger partial charge is 0.493 e. The van der Waals surface area contributed by atoms with Crippen LogP contribution in [-0.4, -0.2) is 37.5 Å². The van der Waals surface area contributed by atoms with Gasteiger partial charge in [0, 0.05) is 12.8 Å². The summed E-state index contributed by atoms with van der Waals surface area (Å²) in [5.74, 6) is 1.37. The van der Waals surface area contributed by atoms with Crippen LogP contribution in [0.4, 0.5) is 0 Å². The number of benzene rings is 1. The van der Waals surface area contributed by atoms with E-state index in [9.17, 15) is 5.11 Å². The summed E-state index contributed by atoms with van der Waals surface area (Å²) in [6.07, 6.45) is 6.08. The third kappa shape index (κ3) is 4.54. The highest BCUT2D eigenvalue weighted by Gasteiger charge is 2.26. The molecule has 0 aliphatic heterocycles. The van der Waals surface area contributed by atoms with Crippen molar-refractivity contribution in [1.29, 1.82) is 0 Å². The second kappa shape index (κ2) is 7.31. The Morgan fingerprint density at radius 1 is 1.40 bits per heavy atom. The molecule has 1 atom stereocenters. The molecule has 0 bridgehead atoms. The number of rotatable bonds is 8. The Hall–Kier alpha value is -1.52. The Morgan fingerprint density at radius 2 is 2.20 bits per heavy atom.